The molecule has 2 aliphatic heterocycles. The minimum atomic E-state index is -1.15. The van der Waals surface area contributed by atoms with Crippen LogP contribution in [0.3, 0.4) is 0 Å². The molecule has 2 aromatic rings. The Morgan fingerprint density at radius 3 is 2.55 bits per heavy atom. The van der Waals surface area contributed by atoms with Gasteiger partial charge >= 0.3 is 5.97 Å². The molecule has 2 aliphatic rings. The van der Waals surface area contributed by atoms with Crippen molar-refractivity contribution < 1.29 is 14.7 Å². The summed E-state index contributed by atoms with van der Waals surface area (Å²) >= 11 is 0. The van der Waals surface area contributed by atoms with Gasteiger partial charge in [-0.05, 0) is 59.5 Å². The lowest BCUT2D eigenvalue weighted by atomic mass is 9.81. The Morgan fingerprint density at radius 2 is 1.90 bits per heavy atom. The van der Waals surface area contributed by atoms with Crippen molar-refractivity contribution in [2.75, 3.05) is 13.1 Å². The monoisotopic (exact) mass is 417 g/mol. The van der Waals surface area contributed by atoms with Crippen LogP contribution in [0, 0.1) is 0 Å². The number of Topliss-reactive ketones (excluding diaryl/α,β-unsaturated/α-hetero) is 1. The van der Waals surface area contributed by atoms with Gasteiger partial charge in [-0.25, -0.2) is 4.99 Å². The molecule has 0 saturated carbocycles. The molecule has 158 valence electrons. The van der Waals surface area contributed by atoms with Crippen LogP contribution in [0.1, 0.15) is 27.0 Å². The topological polar surface area (TPSA) is 134 Å². The summed E-state index contributed by atoms with van der Waals surface area (Å²) in [6.07, 6.45) is 5.96. The lowest BCUT2D eigenvalue weighted by Crippen LogP contribution is -2.35. The first-order valence-electron chi connectivity index (χ1n) is 9.91. The minimum absolute atomic E-state index is 0.00601. The average molecular weight is 417 g/mol. The van der Waals surface area contributed by atoms with Crippen LogP contribution < -0.4 is 11.5 Å². The van der Waals surface area contributed by atoms with Crippen molar-refractivity contribution in [3.63, 3.8) is 0 Å². The van der Waals surface area contributed by atoms with Crippen LogP contribution in [0.25, 0.3) is 0 Å². The van der Waals surface area contributed by atoms with Gasteiger partial charge in [-0.2, -0.15) is 0 Å². The fraction of sp³-hybridized carbons (Fsp3) is 0.217. The molecule has 0 radical (unpaired) electrons. The van der Waals surface area contributed by atoms with Gasteiger partial charge in [0.25, 0.3) is 0 Å². The zero-order chi connectivity index (χ0) is 22.0. The number of allylic oxidation sites excluding steroid dienone is 1. The van der Waals surface area contributed by atoms with Gasteiger partial charge in [-0.15, -0.1) is 0 Å². The van der Waals surface area contributed by atoms with Gasteiger partial charge in [-0.1, -0.05) is 18.2 Å². The van der Waals surface area contributed by atoms with E-state index in [0.29, 0.717) is 24.3 Å². The number of nitrogens with two attached hydrogens (primary N) is 2. The van der Waals surface area contributed by atoms with Crippen molar-refractivity contribution in [2.24, 2.45) is 21.5 Å². The number of hydrogen-bond acceptors (Lipinski definition) is 5. The molecule has 2 heterocycles. The van der Waals surface area contributed by atoms with E-state index >= 15 is 0 Å². The Balaban J connectivity index is 1.67. The molecule has 4 rings (SSSR count). The minimum Gasteiger partial charge on any atom is -0.480 e. The number of carbonyl (C=O) groups excluding carboxylic acids is 1. The van der Waals surface area contributed by atoms with Crippen LogP contribution in [-0.2, 0) is 23.3 Å². The maximum absolute atomic E-state index is 13.5. The molecule has 1 unspecified atom stereocenters. The number of aliphatic carboxylic acids is 1. The zero-order valence-corrected chi connectivity index (χ0v) is 16.9. The van der Waals surface area contributed by atoms with E-state index in [1.807, 2.05) is 23.1 Å². The maximum atomic E-state index is 13.5. The van der Waals surface area contributed by atoms with Crippen LogP contribution in [0.15, 0.2) is 64.6 Å². The third kappa shape index (κ3) is 4.10. The highest BCUT2D eigenvalue weighted by molar-refractivity contribution is 6.08. The number of aliphatic imine (C=N–C) groups is 2. The first-order valence-corrected chi connectivity index (χ1v) is 9.91. The third-order valence-corrected chi connectivity index (χ3v) is 5.53. The van der Waals surface area contributed by atoms with E-state index in [2.05, 4.69) is 9.98 Å². The second kappa shape index (κ2) is 8.16. The summed E-state index contributed by atoms with van der Waals surface area (Å²) in [5.74, 6) is -1.06. The van der Waals surface area contributed by atoms with Crippen molar-refractivity contribution >= 4 is 29.6 Å². The summed E-state index contributed by atoms with van der Waals surface area (Å²) in [4.78, 5) is 35.0. The highest BCUT2D eigenvalue weighted by Crippen LogP contribution is 2.36. The Labute approximate surface area is 179 Å². The number of guanidine groups is 1. The molecule has 2 aromatic carbocycles. The Hall–Kier alpha value is -3.78. The normalized spacial score (nSPS) is 19.7. The fourth-order valence-corrected chi connectivity index (χ4v) is 4.06. The maximum Gasteiger partial charge on any atom is 0.317 e. The van der Waals surface area contributed by atoms with Crippen molar-refractivity contribution in [1.82, 2.24) is 4.90 Å². The number of carbonyl (C=O) groups is 2. The molecular formula is C23H23N5O3. The molecule has 1 atom stereocenters. The molecule has 0 bridgehead atoms. The molecule has 0 aromatic heterocycles. The lowest BCUT2D eigenvalue weighted by Gasteiger charge is -2.30. The standard InChI is InChI=1S/C23H23N5O3/c24-22(25)27-19-6-3-16(4-7-19)21(31)23(9-1-10-26-23)18-5-2-15-8-11-28(14-20(29)30)13-17(15)12-18/h1-7,9-10,12H,8,11,13-14H2,(H,29,30)(H4,24,25,27). The van der Waals surface area contributed by atoms with Crippen LogP contribution >= 0.6 is 0 Å². The van der Waals surface area contributed by atoms with E-state index in [0.717, 1.165) is 17.5 Å². The van der Waals surface area contributed by atoms with E-state index in [9.17, 15) is 9.59 Å². The van der Waals surface area contributed by atoms with Crippen LogP contribution in [-0.4, -0.2) is 47.0 Å². The highest BCUT2D eigenvalue weighted by Gasteiger charge is 2.39. The van der Waals surface area contributed by atoms with Crippen molar-refractivity contribution in [1.29, 1.82) is 0 Å². The van der Waals surface area contributed by atoms with Gasteiger partial charge in [0.15, 0.2) is 17.3 Å². The van der Waals surface area contributed by atoms with E-state index in [-0.39, 0.29) is 18.3 Å². The van der Waals surface area contributed by atoms with Crippen molar-refractivity contribution in [3.05, 3.63) is 76.9 Å². The number of carboxylic acid groups (broad SMARTS) is 1. The Kier molecular flexibility index (Phi) is 5.39. The molecule has 31 heavy (non-hydrogen) atoms. The lowest BCUT2D eigenvalue weighted by molar-refractivity contribution is -0.138. The SMILES string of the molecule is NC(N)=Nc1ccc(C(=O)C2(c3ccc4c(c3)CN(CC(=O)O)CC4)C=CC=N2)cc1. The van der Waals surface area contributed by atoms with E-state index in [1.54, 1.807) is 42.6 Å². The first-order chi connectivity index (χ1) is 14.9. The summed E-state index contributed by atoms with van der Waals surface area (Å²) in [5.41, 5.74) is 13.7. The second-order valence-corrected chi connectivity index (χ2v) is 7.65. The Morgan fingerprint density at radius 1 is 1.13 bits per heavy atom. The van der Waals surface area contributed by atoms with Crippen molar-refractivity contribution in [3.8, 4) is 0 Å². The quantitative estimate of drug-likeness (QED) is 0.372. The van der Waals surface area contributed by atoms with Gasteiger partial charge in [0.2, 0.25) is 0 Å². The zero-order valence-electron chi connectivity index (χ0n) is 16.9. The van der Waals surface area contributed by atoms with Gasteiger partial charge in [0.1, 0.15) is 0 Å². The van der Waals surface area contributed by atoms with Crippen LogP contribution in [0.2, 0.25) is 0 Å². The predicted molar refractivity (Wildman–Crippen MR) is 119 cm³/mol. The molecular weight excluding hydrogens is 394 g/mol. The van der Waals surface area contributed by atoms with Gasteiger partial charge in [0, 0.05) is 24.9 Å². The average Bonchev–Trinajstić information content (AvgIpc) is 3.23. The summed E-state index contributed by atoms with van der Waals surface area (Å²) in [5, 5.41) is 9.11. The van der Waals surface area contributed by atoms with E-state index in [1.165, 1.54) is 5.56 Å². The van der Waals surface area contributed by atoms with Crippen LogP contribution in [0.4, 0.5) is 5.69 Å². The van der Waals surface area contributed by atoms with Gasteiger partial charge < -0.3 is 16.6 Å². The van der Waals surface area contributed by atoms with Crippen molar-refractivity contribution in [2.45, 2.75) is 18.5 Å². The molecule has 0 fully saturated rings. The molecule has 0 aliphatic carbocycles. The van der Waals surface area contributed by atoms with Crippen LogP contribution in [0.5, 0.6) is 0 Å². The third-order valence-electron chi connectivity index (χ3n) is 5.53. The first kappa shape index (κ1) is 20.5. The summed E-state index contributed by atoms with van der Waals surface area (Å²) in [6, 6.07) is 12.6. The number of nitrogens with zero attached hydrogens (tertiary/aromatic N) is 3. The largest absolute Gasteiger partial charge is 0.480 e. The number of fused-ring (bicyclic) bond motifs is 1. The molecule has 0 amide bonds. The molecule has 8 heteroatoms. The number of carboxylic acids is 1. The van der Waals surface area contributed by atoms with E-state index in [4.69, 9.17) is 16.6 Å². The smallest absolute Gasteiger partial charge is 0.317 e. The number of benzene rings is 2. The molecule has 8 nitrogen and oxygen atoms in total. The summed E-state index contributed by atoms with van der Waals surface area (Å²) < 4.78 is 0. The number of ketones is 1. The number of rotatable bonds is 6. The van der Waals surface area contributed by atoms with Gasteiger partial charge in [0.05, 0.1) is 12.2 Å². The predicted octanol–water partition coefficient (Wildman–Crippen LogP) is 1.75. The van der Waals surface area contributed by atoms with Gasteiger partial charge in [-0.3, -0.25) is 19.5 Å². The van der Waals surface area contributed by atoms with E-state index < -0.39 is 11.5 Å². The fourth-order valence-electron chi connectivity index (χ4n) is 4.06. The summed E-state index contributed by atoms with van der Waals surface area (Å²) in [7, 11) is 0. The Bertz CT molecular complexity index is 1100. The molecule has 0 saturated heterocycles. The molecule has 5 N–H and O–H groups in total. The molecule has 0 spiro atoms. The second-order valence-electron chi connectivity index (χ2n) is 7.65. The highest BCUT2D eigenvalue weighted by atomic mass is 16.4. The number of hydrogen-bond donors (Lipinski definition) is 3. The summed E-state index contributed by atoms with van der Waals surface area (Å²) in [6.45, 7) is 1.22.